The zero-order valence-electron chi connectivity index (χ0n) is 20.0. The normalized spacial score (nSPS) is 20.5. The molecule has 1 atom stereocenters. The molecule has 2 fully saturated rings. The van der Waals surface area contributed by atoms with Crippen LogP contribution in [0.25, 0.3) is 0 Å². The molecule has 36 heavy (non-hydrogen) atoms. The molecule has 0 aliphatic carbocycles. The summed E-state index contributed by atoms with van der Waals surface area (Å²) in [4.78, 5) is 19.8. The molecule has 0 saturated carbocycles. The fourth-order valence-electron chi connectivity index (χ4n) is 5.00. The number of morpholine rings is 1. The van der Waals surface area contributed by atoms with Crippen LogP contribution >= 0.6 is 0 Å². The lowest BCUT2D eigenvalue weighted by Gasteiger charge is -2.40. The summed E-state index contributed by atoms with van der Waals surface area (Å²) < 4.78 is 34.1. The second-order valence-corrected chi connectivity index (χ2v) is 9.10. The summed E-state index contributed by atoms with van der Waals surface area (Å²) >= 11 is 0. The molecular weight excluding hydrogens is 466 g/mol. The second-order valence-electron chi connectivity index (χ2n) is 9.10. The summed E-state index contributed by atoms with van der Waals surface area (Å²) in [6, 6.07) is 11.4. The average molecular weight is 497 g/mol. The van der Waals surface area contributed by atoms with Crippen LogP contribution in [0.5, 0.6) is 0 Å². The Kier molecular flexibility index (Phi) is 7.20. The van der Waals surface area contributed by atoms with Gasteiger partial charge in [0, 0.05) is 62.4 Å². The van der Waals surface area contributed by atoms with E-state index in [1.807, 2.05) is 12.3 Å². The number of allylic oxidation sites excluding steroid dienone is 1. The van der Waals surface area contributed by atoms with Crippen LogP contribution in [0.4, 0.5) is 20.2 Å². The summed E-state index contributed by atoms with van der Waals surface area (Å²) in [5.74, 6) is -1.13. The number of halogens is 2. The van der Waals surface area contributed by atoms with Crippen LogP contribution in [0.3, 0.4) is 0 Å². The van der Waals surface area contributed by atoms with Gasteiger partial charge < -0.3 is 29.4 Å². The highest BCUT2D eigenvalue weighted by atomic mass is 19.1. The van der Waals surface area contributed by atoms with Crippen molar-refractivity contribution in [3.63, 3.8) is 0 Å². The molecule has 0 spiro atoms. The van der Waals surface area contributed by atoms with Crippen molar-refractivity contribution in [2.24, 2.45) is 0 Å². The number of rotatable bonds is 5. The van der Waals surface area contributed by atoms with E-state index in [2.05, 4.69) is 45.0 Å². The number of benzene rings is 2. The maximum Gasteiger partial charge on any atom is 0.248 e. The number of hydrogen-bond donors (Lipinski definition) is 1. The van der Waals surface area contributed by atoms with E-state index in [9.17, 15) is 13.6 Å². The van der Waals surface area contributed by atoms with E-state index in [0.29, 0.717) is 38.3 Å². The van der Waals surface area contributed by atoms with Crippen molar-refractivity contribution in [2.45, 2.75) is 6.04 Å². The smallest absolute Gasteiger partial charge is 0.248 e. The molecule has 9 heteroatoms. The molecule has 0 aromatic heterocycles. The van der Waals surface area contributed by atoms with E-state index in [-0.39, 0.29) is 12.5 Å². The quantitative estimate of drug-likeness (QED) is 0.687. The van der Waals surface area contributed by atoms with Crippen LogP contribution in [0.1, 0.15) is 11.6 Å². The first-order chi connectivity index (χ1) is 17.5. The first-order valence-corrected chi connectivity index (χ1v) is 12.2. The van der Waals surface area contributed by atoms with Gasteiger partial charge >= 0.3 is 0 Å². The number of aliphatic hydroxyl groups excluding tert-OH is 1. The lowest BCUT2D eigenvalue weighted by Crippen LogP contribution is -2.49. The summed E-state index contributed by atoms with van der Waals surface area (Å²) in [7, 11) is 0. The molecule has 190 valence electrons. The van der Waals surface area contributed by atoms with Crippen LogP contribution in [-0.2, 0) is 9.53 Å². The van der Waals surface area contributed by atoms with Crippen molar-refractivity contribution >= 4 is 17.3 Å². The zero-order valence-corrected chi connectivity index (χ0v) is 20.0. The molecule has 2 aromatic carbocycles. The fraction of sp³-hybridized carbons (Fsp3) is 0.370. The third-order valence-electron chi connectivity index (χ3n) is 6.97. The number of aliphatic hydroxyl groups is 1. The van der Waals surface area contributed by atoms with Gasteiger partial charge in [-0.15, -0.1) is 0 Å². The van der Waals surface area contributed by atoms with Gasteiger partial charge in [0.2, 0.25) is 5.91 Å². The van der Waals surface area contributed by atoms with E-state index < -0.39 is 24.3 Å². The van der Waals surface area contributed by atoms with Crippen molar-refractivity contribution < 1.29 is 23.4 Å². The molecule has 3 aliphatic rings. The molecule has 1 unspecified atom stereocenters. The van der Waals surface area contributed by atoms with Gasteiger partial charge in [0.25, 0.3) is 0 Å². The van der Waals surface area contributed by atoms with Crippen LogP contribution < -0.4 is 9.80 Å². The van der Waals surface area contributed by atoms with Crippen LogP contribution in [-0.4, -0.2) is 79.9 Å². The van der Waals surface area contributed by atoms with Crippen LogP contribution in [0, 0.1) is 11.6 Å². The van der Waals surface area contributed by atoms with Crippen molar-refractivity contribution in [3.8, 4) is 0 Å². The van der Waals surface area contributed by atoms with E-state index >= 15 is 0 Å². The Labute approximate surface area is 209 Å². The number of piperazine rings is 1. The average Bonchev–Trinajstić information content (AvgIpc) is 2.94. The second kappa shape index (κ2) is 10.7. The molecule has 0 radical (unpaired) electrons. The predicted molar refractivity (Wildman–Crippen MR) is 134 cm³/mol. The highest BCUT2D eigenvalue weighted by molar-refractivity contribution is 5.77. The van der Waals surface area contributed by atoms with E-state index in [1.165, 1.54) is 12.1 Å². The third kappa shape index (κ3) is 5.08. The van der Waals surface area contributed by atoms with Gasteiger partial charge in [-0.3, -0.25) is 4.79 Å². The molecule has 0 bridgehead atoms. The highest BCUT2D eigenvalue weighted by Crippen LogP contribution is 2.32. The van der Waals surface area contributed by atoms with Gasteiger partial charge in [-0.25, -0.2) is 8.78 Å². The van der Waals surface area contributed by atoms with Crippen molar-refractivity contribution in [1.29, 1.82) is 0 Å². The molecule has 3 aliphatic heterocycles. The molecule has 2 aromatic rings. The Hall–Kier alpha value is -3.43. The number of amides is 1. The lowest BCUT2D eigenvalue weighted by atomic mass is 10.0. The van der Waals surface area contributed by atoms with Crippen molar-refractivity contribution in [1.82, 2.24) is 9.80 Å². The minimum atomic E-state index is -0.465. The Morgan fingerprint density at radius 2 is 1.75 bits per heavy atom. The van der Waals surface area contributed by atoms with Crippen LogP contribution in [0.15, 0.2) is 66.5 Å². The minimum Gasteiger partial charge on any atom is -0.387 e. The number of ether oxygens (including phenoxy) is 1. The topological polar surface area (TPSA) is 59.5 Å². The monoisotopic (exact) mass is 496 g/mol. The predicted octanol–water partition coefficient (Wildman–Crippen LogP) is 2.90. The van der Waals surface area contributed by atoms with Crippen molar-refractivity contribution in [2.75, 3.05) is 68.9 Å². The Morgan fingerprint density at radius 3 is 2.50 bits per heavy atom. The highest BCUT2D eigenvalue weighted by Gasteiger charge is 2.29. The standard InChI is InChI=1S/C27H30F2N4O3/c28-20-3-8-25(29)24(16-20)26-19-36-15-14-33(26)23-2-1-9-32(17-23)22-6-4-21(5-7-22)30-10-12-31(13-11-30)27(35)18-34/h1-8,16-17,26,34H,9-15,18-19H2. The van der Waals surface area contributed by atoms with Gasteiger partial charge in [-0.1, -0.05) is 6.08 Å². The Bertz CT molecular complexity index is 1150. The zero-order chi connectivity index (χ0) is 25.1. The summed E-state index contributed by atoms with van der Waals surface area (Å²) in [5, 5.41) is 9.06. The molecule has 3 heterocycles. The minimum absolute atomic E-state index is 0.228. The Balaban J connectivity index is 1.30. The maximum absolute atomic E-state index is 14.6. The Morgan fingerprint density at radius 1 is 1.00 bits per heavy atom. The number of nitrogens with zero attached hydrogens (tertiary/aromatic N) is 4. The largest absolute Gasteiger partial charge is 0.387 e. The first-order valence-electron chi connectivity index (χ1n) is 12.2. The summed E-state index contributed by atoms with van der Waals surface area (Å²) in [6.45, 7) is 4.27. The molecule has 5 rings (SSSR count). The lowest BCUT2D eigenvalue weighted by molar-refractivity contribution is -0.134. The third-order valence-corrected chi connectivity index (χ3v) is 6.97. The van der Waals surface area contributed by atoms with Gasteiger partial charge in [-0.05, 0) is 48.5 Å². The molecule has 7 nitrogen and oxygen atoms in total. The first kappa shape index (κ1) is 24.3. The molecule has 2 saturated heterocycles. The van der Waals surface area contributed by atoms with Gasteiger partial charge in [0.05, 0.1) is 25.0 Å². The molecule has 1 amide bonds. The number of anilines is 2. The molecule has 1 N–H and O–H groups in total. The summed E-state index contributed by atoms with van der Waals surface area (Å²) in [6.07, 6.45) is 6.13. The van der Waals surface area contributed by atoms with E-state index in [4.69, 9.17) is 9.84 Å². The molecular formula is C27H30F2N4O3. The summed E-state index contributed by atoms with van der Waals surface area (Å²) in [5.41, 5.74) is 3.33. The van der Waals surface area contributed by atoms with Crippen LogP contribution in [0.2, 0.25) is 0 Å². The number of carbonyl (C=O) groups is 1. The number of carbonyl (C=O) groups excluding carboxylic acids is 1. The maximum atomic E-state index is 14.6. The van der Waals surface area contributed by atoms with E-state index in [0.717, 1.165) is 36.2 Å². The number of hydrogen-bond acceptors (Lipinski definition) is 6. The van der Waals surface area contributed by atoms with Gasteiger partial charge in [0.1, 0.15) is 18.2 Å². The van der Waals surface area contributed by atoms with Gasteiger partial charge in [0.15, 0.2) is 0 Å². The van der Waals surface area contributed by atoms with Crippen molar-refractivity contribution in [3.05, 3.63) is 83.7 Å². The van der Waals surface area contributed by atoms with E-state index in [1.54, 1.807) is 4.90 Å². The van der Waals surface area contributed by atoms with Gasteiger partial charge in [-0.2, -0.15) is 0 Å². The SMILES string of the molecule is O=C(CO)N1CCN(c2ccc(N3C=C(N4CCOCC4c4cc(F)ccc4F)C=CC3)cc2)CC1. The fourth-order valence-corrected chi connectivity index (χ4v) is 5.00.